The Morgan fingerprint density at radius 1 is 1.00 bits per heavy atom. The number of carbonyl (C=O) groups excluding carboxylic acids is 1. The van der Waals surface area contributed by atoms with Crippen LogP contribution in [0.4, 0.5) is 10.1 Å². The van der Waals surface area contributed by atoms with E-state index in [0.29, 0.717) is 22.2 Å². The van der Waals surface area contributed by atoms with E-state index in [-0.39, 0.29) is 11.6 Å². The molecule has 150 valence electrons. The summed E-state index contributed by atoms with van der Waals surface area (Å²) in [6.45, 7) is 3.86. The lowest BCUT2D eigenvalue weighted by Gasteiger charge is -2.07. The topological polar surface area (TPSA) is 59.8 Å². The predicted molar refractivity (Wildman–Crippen MR) is 116 cm³/mol. The second kappa shape index (κ2) is 8.08. The van der Waals surface area contributed by atoms with Gasteiger partial charge in [-0.05, 0) is 55.8 Å². The molecular formula is C23H18ClFN4O. The van der Waals surface area contributed by atoms with Crippen LogP contribution < -0.4 is 5.32 Å². The molecule has 0 radical (unpaired) electrons. The molecule has 0 fully saturated rings. The molecule has 4 aromatic rings. The number of amides is 1. The molecule has 5 nitrogen and oxygen atoms in total. The van der Waals surface area contributed by atoms with Crippen molar-refractivity contribution in [1.82, 2.24) is 14.8 Å². The summed E-state index contributed by atoms with van der Waals surface area (Å²) < 4.78 is 14.9. The number of aromatic nitrogens is 3. The van der Waals surface area contributed by atoms with Crippen LogP contribution in [0.15, 0.2) is 66.7 Å². The van der Waals surface area contributed by atoms with Crippen molar-refractivity contribution in [2.75, 3.05) is 5.32 Å². The van der Waals surface area contributed by atoms with Crippen molar-refractivity contribution in [3.05, 3.63) is 94.5 Å². The Labute approximate surface area is 178 Å². The van der Waals surface area contributed by atoms with Crippen LogP contribution in [0.2, 0.25) is 5.02 Å². The summed E-state index contributed by atoms with van der Waals surface area (Å²) in [5.74, 6) is -0.344. The number of hydrogen-bond acceptors (Lipinski definition) is 3. The normalized spacial score (nSPS) is 10.8. The fourth-order valence-corrected chi connectivity index (χ4v) is 3.14. The lowest BCUT2D eigenvalue weighted by atomic mass is 10.1. The van der Waals surface area contributed by atoms with Gasteiger partial charge in [0.2, 0.25) is 5.82 Å². The fourth-order valence-electron chi connectivity index (χ4n) is 2.97. The van der Waals surface area contributed by atoms with Crippen LogP contribution >= 0.6 is 11.6 Å². The molecular weight excluding hydrogens is 403 g/mol. The monoisotopic (exact) mass is 420 g/mol. The van der Waals surface area contributed by atoms with E-state index in [4.69, 9.17) is 11.6 Å². The van der Waals surface area contributed by atoms with Gasteiger partial charge in [0, 0.05) is 16.3 Å². The number of nitrogens with zero attached hydrogens (tertiary/aromatic N) is 3. The van der Waals surface area contributed by atoms with Crippen molar-refractivity contribution in [1.29, 1.82) is 0 Å². The van der Waals surface area contributed by atoms with Gasteiger partial charge in [-0.15, -0.1) is 5.10 Å². The lowest BCUT2D eigenvalue weighted by molar-refractivity contribution is 0.101. The van der Waals surface area contributed by atoms with Crippen molar-refractivity contribution < 1.29 is 9.18 Å². The highest BCUT2D eigenvalue weighted by Crippen LogP contribution is 2.24. The summed E-state index contributed by atoms with van der Waals surface area (Å²) in [5.41, 5.74) is 3.93. The van der Waals surface area contributed by atoms with E-state index in [1.807, 2.05) is 44.2 Å². The Hall–Kier alpha value is -3.51. The number of rotatable bonds is 4. The van der Waals surface area contributed by atoms with Crippen LogP contribution in [-0.2, 0) is 0 Å². The summed E-state index contributed by atoms with van der Waals surface area (Å²) in [4.78, 5) is 17.3. The SMILES string of the molecule is Cc1ccc(-c2nc(C(=O)Nc3cc(Cl)ccc3C)nn2-c2ccc(F)cc2)cc1. The number of aryl methyl sites for hydroxylation is 2. The van der Waals surface area contributed by atoms with Gasteiger partial charge in [0.1, 0.15) is 5.82 Å². The summed E-state index contributed by atoms with van der Waals surface area (Å²) >= 11 is 6.04. The summed E-state index contributed by atoms with van der Waals surface area (Å²) in [7, 11) is 0. The molecule has 30 heavy (non-hydrogen) atoms. The Bertz CT molecular complexity index is 1150. The Morgan fingerprint density at radius 3 is 2.40 bits per heavy atom. The smallest absolute Gasteiger partial charge is 0.295 e. The first-order valence-electron chi connectivity index (χ1n) is 9.28. The predicted octanol–water partition coefficient (Wildman–Crippen LogP) is 5.60. The quantitative estimate of drug-likeness (QED) is 0.467. The van der Waals surface area contributed by atoms with Gasteiger partial charge in [-0.3, -0.25) is 4.79 Å². The van der Waals surface area contributed by atoms with E-state index >= 15 is 0 Å². The van der Waals surface area contributed by atoms with Crippen molar-refractivity contribution in [3.63, 3.8) is 0 Å². The number of hydrogen-bond donors (Lipinski definition) is 1. The van der Waals surface area contributed by atoms with E-state index in [2.05, 4.69) is 15.4 Å². The highest BCUT2D eigenvalue weighted by Gasteiger charge is 2.19. The number of nitrogens with one attached hydrogen (secondary N) is 1. The summed E-state index contributed by atoms with van der Waals surface area (Å²) in [5, 5.41) is 7.72. The molecule has 0 aliphatic carbocycles. The maximum Gasteiger partial charge on any atom is 0.295 e. The molecule has 0 saturated heterocycles. The second-order valence-electron chi connectivity index (χ2n) is 6.93. The van der Waals surface area contributed by atoms with E-state index in [1.165, 1.54) is 16.8 Å². The molecule has 0 unspecified atom stereocenters. The van der Waals surface area contributed by atoms with Crippen molar-refractivity contribution in [3.8, 4) is 17.1 Å². The van der Waals surface area contributed by atoms with Crippen LogP contribution in [0, 0.1) is 19.7 Å². The zero-order valence-corrected chi connectivity index (χ0v) is 17.1. The van der Waals surface area contributed by atoms with E-state index in [0.717, 1.165) is 16.7 Å². The highest BCUT2D eigenvalue weighted by molar-refractivity contribution is 6.31. The first-order valence-corrected chi connectivity index (χ1v) is 9.66. The second-order valence-corrected chi connectivity index (χ2v) is 7.36. The minimum absolute atomic E-state index is 0.00530. The largest absolute Gasteiger partial charge is 0.319 e. The van der Waals surface area contributed by atoms with Crippen LogP contribution in [0.3, 0.4) is 0 Å². The van der Waals surface area contributed by atoms with E-state index in [9.17, 15) is 9.18 Å². The summed E-state index contributed by atoms with van der Waals surface area (Å²) in [6.07, 6.45) is 0. The third-order valence-corrected chi connectivity index (χ3v) is 4.87. The molecule has 7 heteroatoms. The standard InChI is InChI=1S/C23H18ClFN4O/c1-14-3-6-16(7-4-14)22-27-21(28-29(22)19-11-9-18(25)10-12-19)23(30)26-20-13-17(24)8-5-15(20)2/h3-13H,1-2H3,(H,26,30). The Balaban J connectivity index is 1.76. The highest BCUT2D eigenvalue weighted by atomic mass is 35.5. The first kappa shape index (κ1) is 19.8. The van der Waals surface area contributed by atoms with E-state index in [1.54, 1.807) is 24.3 Å². The number of halogens is 2. The van der Waals surface area contributed by atoms with Crippen molar-refractivity contribution >= 4 is 23.2 Å². The van der Waals surface area contributed by atoms with Gasteiger partial charge in [-0.2, -0.15) is 0 Å². The molecule has 1 N–H and O–H groups in total. The molecule has 0 aliphatic heterocycles. The maximum absolute atomic E-state index is 13.4. The summed E-state index contributed by atoms with van der Waals surface area (Å²) in [6, 6.07) is 18.8. The fraction of sp³-hybridized carbons (Fsp3) is 0.0870. The molecule has 0 spiro atoms. The molecule has 0 aliphatic rings. The molecule has 1 amide bonds. The van der Waals surface area contributed by atoms with Gasteiger partial charge >= 0.3 is 0 Å². The average molecular weight is 421 g/mol. The minimum Gasteiger partial charge on any atom is -0.319 e. The zero-order chi connectivity index (χ0) is 21.3. The molecule has 3 aromatic carbocycles. The number of anilines is 1. The lowest BCUT2D eigenvalue weighted by Crippen LogP contribution is -2.15. The number of benzene rings is 3. The Morgan fingerprint density at radius 2 is 1.70 bits per heavy atom. The molecule has 1 heterocycles. The molecule has 1 aromatic heterocycles. The average Bonchev–Trinajstić information content (AvgIpc) is 3.17. The zero-order valence-electron chi connectivity index (χ0n) is 16.4. The van der Waals surface area contributed by atoms with Gasteiger partial charge in [0.15, 0.2) is 5.82 Å². The minimum atomic E-state index is -0.463. The Kier molecular flexibility index (Phi) is 5.33. The third-order valence-electron chi connectivity index (χ3n) is 4.64. The molecule has 4 rings (SSSR count). The van der Waals surface area contributed by atoms with Gasteiger partial charge < -0.3 is 5.32 Å². The van der Waals surface area contributed by atoms with Crippen molar-refractivity contribution in [2.24, 2.45) is 0 Å². The van der Waals surface area contributed by atoms with Crippen LogP contribution in [0.25, 0.3) is 17.1 Å². The first-order chi connectivity index (χ1) is 14.4. The van der Waals surface area contributed by atoms with Crippen LogP contribution in [0.1, 0.15) is 21.7 Å². The number of carbonyl (C=O) groups is 1. The van der Waals surface area contributed by atoms with Gasteiger partial charge in [-0.1, -0.05) is 47.5 Å². The van der Waals surface area contributed by atoms with E-state index < -0.39 is 5.91 Å². The van der Waals surface area contributed by atoms with Crippen LogP contribution in [-0.4, -0.2) is 20.7 Å². The molecule has 0 saturated carbocycles. The molecule has 0 atom stereocenters. The van der Waals surface area contributed by atoms with Crippen molar-refractivity contribution in [2.45, 2.75) is 13.8 Å². The van der Waals surface area contributed by atoms with Crippen LogP contribution in [0.5, 0.6) is 0 Å². The van der Waals surface area contributed by atoms with Gasteiger partial charge in [0.05, 0.1) is 5.69 Å². The van der Waals surface area contributed by atoms with Gasteiger partial charge in [-0.25, -0.2) is 14.1 Å². The third kappa shape index (κ3) is 4.09. The molecule has 0 bridgehead atoms. The van der Waals surface area contributed by atoms with Gasteiger partial charge in [0.25, 0.3) is 5.91 Å². The maximum atomic E-state index is 13.4.